The van der Waals surface area contributed by atoms with Gasteiger partial charge in [-0.15, -0.1) is 0 Å². The molecule has 2 nitrogen and oxygen atoms in total. The Hall–Kier alpha value is -0.310. The summed E-state index contributed by atoms with van der Waals surface area (Å²) < 4.78 is 0. The van der Waals surface area contributed by atoms with E-state index in [2.05, 4.69) is 10.6 Å². The second-order valence-corrected chi connectivity index (χ2v) is 4.33. The minimum Gasteiger partial charge on any atom is -0.362 e. The lowest BCUT2D eigenvalue weighted by Crippen LogP contribution is -2.40. The monoisotopic (exact) mass is 184 g/mol. The maximum absolute atomic E-state index is 5.14. The number of thiocarbonyl (C=S) groups is 1. The molecule has 2 aliphatic carbocycles. The standard InChI is InChI=1S/C9H16N2S/c12-9(11-8-4-5-8)10-6-7-2-1-3-7/h7-8H,1-6H2,(H2,10,11,12). The molecule has 3 heteroatoms. The second kappa shape index (κ2) is 3.60. The second-order valence-electron chi connectivity index (χ2n) is 3.93. The van der Waals surface area contributed by atoms with Gasteiger partial charge in [-0.3, -0.25) is 0 Å². The fourth-order valence-electron chi connectivity index (χ4n) is 1.40. The van der Waals surface area contributed by atoms with E-state index in [1.807, 2.05) is 0 Å². The van der Waals surface area contributed by atoms with Crippen LogP contribution in [0, 0.1) is 5.92 Å². The summed E-state index contributed by atoms with van der Waals surface area (Å²) in [6.07, 6.45) is 6.78. The third-order valence-corrected chi connectivity index (χ3v) is 2.95. The average molecular weight is 184 g/mol. The van der Waals surface area contributed by atoms with Gasteiger partial charge in [0.15, 0.2) is 5.11 Å². The molecule has 12 heavy (non-hydrogen) atoms. The fourth-order valence-corrected chi connectivity index (χ4v) is 1.65. The molecule has 0 heterocycles. The van der Waals surface area contributed by atoms with Crippen molar-refractivity contribution >= 4 is 17.3 Å². The van der Waals surface area contributed by atoms with Crippen LogP contribution in [0.5, 0.6) is 0 Å². The van der Waals surface area contributed by atoms with Crippen molar-refractivity contribution in [3.63, 3.8) is 0 Å². The Morgan fingerprint density at radius 2 is 2.00 bits per heavy atom. The van der Waals surface area contributed by atoms with E-state index in [4.69, 9.17) is 12.2 Å². The normalized spacial score (nSPS) is 23.0. The van der Waals surface area contributed by atoms with Crippen molar-refractivity contribution in [2.75, 3.05) is 6.54 Å². The van der Waals surface area contributed by atoms with Gasteiger partial charge in [0.05, 0.1) is 0 Å². The van der Waals surface area contributed by atoms with Crippen LogP contribution in [0.2, 0.25) is 0 Å². The summed E-state index contributed by atoms with van der Waals surface area (Å²) in [4.78, 5) is 0. The SMILES string of the molecule is S=C(NCC1CCC1)NC1CC1. The Kier molecular flexibility index (Phi) is 2.49. The lowest BCUT2D eigenvalue weighted by Gasteiger charge is -2.26. The molecule has 2 saturated carbocycles. The highest BCUT2D eigenvalue weighted by Gasteiger charge is 2.22. The molecule has 0 amide bonds. The molecule has 0 aliphatic heterocycles. The zero-order valence-corrected chi connectivity index (χ0v) is 8.12. The summed E-state index contributed by atoms with van der Waals surface area (Å²) in [5.41, 5.74) is 0. The summed E-state index contributed by atoms with van der Waals surface area (Å²) >= 11 is 5.14. The number of rotatable bonds is 3. The Morgan fingerprint density at radius 1 is 1.25 bits per heavy atom. The molecule has 2 rings (SSSR count). The van der Waals surface area contributed by atoms with E-state index < -0.39 is 0 Å². The van der Waals surface area contributed by atoms with Gasteiger partial charge in [-0.05, 0) is 43.8 Å². The Labute approximate surface area is 79.1 Å². The molecule has 68 valence electrons. The first kappa shape index (κ1) is 8.30. The van der Waals surface area contributed by atoms with Gasteiger partial charge in [-0.25, -0.2) is 0 Å². The first-order chi connectivity index (χ1) is 5.84. The Morgan fingerprint density at radius 3 is 2.50 bits per heavy atom. The molecule has 0 aromatic carbocycles. The molecular weight excluding hydrogens is 168 g/mol. The van der Waals surface area contributed by atoms with Crippen LogP contribution in [0.25, 0.3) is 0 Å². The number of hydrogen-bond donors (Lipinski definition) is 2. The Balaban J connectivity index is 1.55. The van der Waals surface area contributed by atoms with Gasteiger partial charge in [0, 0.05) is 12.6 Å². The van der Waals surface area contributed by atoms with Gasteiger partial charge in [-0.2, -0.15) is 0 Å². The molecule has 0 spiro atoms. The quantitative estimate of drug-likeness (QED) is 0.649. The van der Waals surface area contributed by atoms with Crippen LogP contribution in [0.3, 0.4) is 0 Å². The molecule has 2 aliphatic rings. The highest BCUT2D eigenvalue weighted by molar-refractivity contribution is 7.80. The zero-order chi connectivity index (χ0) is 8.39. The van der Waals surface area contributed by atoms with E-state index in [0.717, 1.165) is 17.6 Å². The van der Waals surface area contributed by atoms with Crippen molar-refractivity contribution in [2.45, 2.75) is 38.1 Å². The highest BCUT2D eigenvalue weighted by atomic mass is 32.1. The van der Waals surface area contributed by atoms with Crippen LogP contribution in [0.15, 0.2) is 0 Å². The van der Waals surface area contributed by atoms with E-state index in [1.165, 1.54) is 32.1 Å². The first-order valence-corrected chi connectivity index (χ1v) is 5.30. The molecule has 0 radical (unpaired) electrons. The molecule has 0 aromatic heterocycles. The number of nitrogens with one attached hydrogen (secondary N) is 2. The third-order valence-electron chi connectivity index (χ3n) is 2.69. The molecule has 0 aromatic rings. The van der Waals surface area contributed by atoms with Crippen molar-refractivity contribution in [2.24, 2.45) is 5.92 Å². The van der Waals surface area contributed by atoms with Gasteiger partial charge in [0.1, 0.15) is 0 Å². The van der Waals surface area contributed by atoms with Gasteiger partial charge in [0.2, 0.25) is 0 Å². The van der Waals surface area contributed by atoms with Gasteiger partial charge < -0.3 is 10.6 Å². The van der Waals surface area contributed by atoms with Crippen LogP contribution < -0.4 is 10.6 Å². The summed E-state index contributed by atoms with van der Waals surface area (Å²) in [7, 11) is 0. The van der Waals surface area contributed by atoms with Crippen LogP contribution >= 0.6 is 12.2 Å². The van der Waals surface area contributed by atoms with Crippen molar-refractivity contribution in [3.05, 3.63) is 0 Å². The van der Waals surface area contributed by atoms with E-state index in [9.17, 15) is 0 Å². The molecule has 0 unspecified atom stereocenters. The maximum Gasteiger partial charge on any atom is 0.166 e. The van der Waals surface area contributed by atoms with Crippen molar-refractivity contribution in [1.29, 1.82) is 0 Å². The van der Waals surface area contributed by atoms with E-state index in [-0.39, 0.29) is 0 Å². The van der Waals surface area contributed by atoms with Gasteiger partial charge in [0.25, 0.3) is 0 Å². The van der Waals surface area contributed by atoms with E-state index in [0.29, 0.717) is 6.04 Å². The van der Waals surface area contributed by atoms with Crippen molar-refractivity contribution < 1.29 is 0 Å². The molecule has 0 saturated heterocycles. The van der Waals surface area contributed by atoms with E-state index in [1.54, 1.807) is 0 Å². The molecule has 0 atom stereocenters. The molecule has 2 N–H and O–H groups in total. The average Bonchev–Trinajstić information content (AvgIpc) is 2.68. The van der Waals surface area contributed by atoms with Crippen molar-refractivity contribution in [3.8, 4) is 0 Å². The molecule has 0 bridgehead atoms. The Bertz CT molecular complexity index is 173. The lowest BCUT2D eigenvalue weighted by molar-refractivity contribution is 0.315. The van der Waals surface area contributed by atoms with Crippen LogP contribution in [-0.4, -0.2) is 17.7 Å². The summed E-state index contributed by atoms with van der Waals surface area (Å²) in [5, 5.41) is 7.42. The summed E-state index contributed by atoms with van der Waals surface area (Å²) in [6, 6.07) is 0.686. The maximum atomic E-state index is 5.14. The van der Waals surface area contributed by atoms with Crippen LogP contribution in [0.1, 0.15) is 32.1 Å². The topological polar surface area (TPSA) is 24.1 Å². The number of hydrogen-bond acceptors (Lipinski definition) is 1. The summed E-state index contributed by atoms with van der Waals surface area (Å²) in [6.45, 7) is 1.08. The summed E-state index contributed by atoms with van der Waals surface area (Å²) in [5.74, 6) is 0.893. The van der Waals surface area contributed by atoms with Crippen LogP contribution in [-0.2, 0) is 0 Å². The van der Waals surface area contributed by atoms with Crippen molar-refractivity contribution in [1.82, 2.24) is 10.6 Å². The minimum absolute atomic E-state index is 0.686. The minimum atomic E-state index is 0.686. The largest absolute Gasteiger partial charge is 0.362 e. The van der Waals surface area contributed by atoms with Gasteiger partial charge >= 0.3 is 0 Å². The third kappa shape index (κ3) is 2.34. The zero-order valence-electron chi connectivity index (χ0n) is 7.31. The fraction of sp³-hybridized carbons (Fsp3) is 0.889. The van der Waals surface area contributed by atoms with Gasteiger partial charge in [-0.1, -0.05) is 6.42 Å². The predicted octanol–water partition coefficient (Wildman–Crippen LogP) is 1.41. The highest BCUT2D eigenvalue weighted by Crippen LogP contribution is 2.25. The first-order valence-electron chi connectivity index (χ1n) is 4.89. The predicted molar refractivity (Wildman–Crippen MR) is 54.1 cm³/mol. The molecule has 2 fully saturated rings. The molecular formula is C9H16N2S. The smallest absolute Gasteiger partial charge is 0.166 e. The lowest BCUT2D eigenvalue weighted by atomic mass is 9.85. The van der Waals surface area contributed by atoms with Crippen LogP contribution in [0.4, 0.5) is 0 Å². The van der Waals surface area contributed by atoms with E-state index >= 15 is 0 Å².